The average molecular weight is 613 g/mol. The molecule has 41 heavy (non-hydrogen) atoms. The number of aromatic nitrogens is 2. The van der Waals surface area contributed by atoms with Gasteiger partial charge in [-0.1, -0.05) is 23.7 Å². The van der Waals surface area contributed by atoms with E-state index in [1.807, 2.05) is 11.6 Å². The van der Waals surface area contributed by atoms with Gasteiger partial charge in [0.2, 0.25) is 11.8 Å². The number of halogens is 4. The maximum absolute atomic E-state index is 13.4. The molecule has 0 aliphatic carbocycles. The number of likely N-dealkylation sites (N-methyl/N-ethyl adjacent to an activating group) is 1. The van der Waals surface area contributed by atoms with Crippen molar-refractivity contribution in [1.29, 1.82) is 0 Å². The van der Waals surface area contributed by atoms with Gasteiger partial charge in [0, 0.05) is 43.9 Å². The van der Waals surface area contributed by atoms with Crippen LogP contribution in [0.2, 0.25) is 5.02 Å². The molecular formula is C25H24ClF3N6O5S. The predicted octanol–water partition coefficient (Wildman–Crippen LogP) is 3.32. The van der Waals surface area contributed by atoms with Crippen LogP contribution in [0.15, 0.2) is 60.1 Å². The number of hydrogen-bond donors (Lipinski definition) is 2. The smallest absolute Gasteiger partial charge is 0.376 e. The number of benzene rings is 2. The van der Waals surface area contributed by atoms with Gasteiger partial charge in [-0.3, -0.25) is 14.6 Å². The molecule has 1 aliphatic rings. The van der Waals surface area contributed by atoms with Crippen LogP contribution in [-0.2, 0) is 33.2 Å². The zero-order valence-corrected chi connectivity index (χ0v) is 23.2. The highest BCUT2D eigenvalue weighted by molar-refractivity contribution is 7.88. The molecule has 0 bridgehead atoms. The van der Waals surface area contributed by atoms with Crippen molar-refractivity contribution in [2.24, 2.45) is 12.1 Å². The van der Waals surface area contributed by atoms with Gasteiger partial charge in [-0.15, -0.1) is 0 Å². The van der Waals surface area contributed by atoms with Gasteiger partial charge < -0.3 is 19.4 Å². The number of nitrogens with one attached hydrogen (secondary N) is 2. The van der Waals surface area contributed by atoms with E-state index in [4.69, 9.17) is 11.6 Å². The van der Waals surface area contributed by atoms with E-state index < -0.39 is 45.3 Å². The molecule has 11 nitrogen and oxygen atoms in total. The fraction of sp³-hybridized carbons (Fsp3) is 0.280. The third-order valence-electron chi connectivity index (χ3n) is 6.17. The Bertz CT molecular complexity index is 1580. The molecular weight excluding hydrogens is 589 g/mol. The van der Waals surface area contributed by atoms with E-state index in [0.29, 0.717) is 12.1 Å². The topological polar surface area (TPSA) is 135 Å². The molecule has 1 aromatic heterocycles. The molecule has 2 amide bonds. The van der Waals surface area contributed by atoms with E-state index in [2.05, 4.69) is 24.9 Å². The summed E-state index contributed by atoms with van der Waals surface area (Å²) < 4.78 is 67.4. The van der Waals surface area contributed by atoms with Crippen molar-refractivity contribution in [3.63, 3.8) is 0 Å². The van der Waals surface area contributed by atoms with Gasteiger partial charge in [-0.2, -0.15) is 26.7 Å². The molecule has 0 saturated heterocycles. The lowest BCUT2D eigenvalue weighted by atomic mass is 10.0. The van der Waals surface area contributed by atoms with Crippen LogP contribution in [0.5, 0.6) is 5.75 Å². The molecule has 0 fully saturated rings. The Hall–Kier alpha value is -4.11. The summed E-state index contributed by atoms with van der Waals surface area (Å²) in [7, 11) is -2.52. The van der Waals surface area contributed by atoms with E-state index in [0.717, 1.165) is 29.5 Å². The maximum atomic E-state index is 13.4. The molecule has 0 radical (unpaired) electrons. The minimum Gasteiger partial charge on any atom is -0.376 e. The second-order valence-corrected chi connectivity index (χ2v) is 11.0. The summed E-state index contributed by atoms with van der Waals surface area (Å²) in [5, 5.41) is 10.8. The largest absolute Gasteiger partial charge is 0.534 e. The number of nitrogens with zero attached hydrogens (tertiary/aromatic N) is 4. The molecule has 4 rings (SSSR count). The van der Waals surface area contributed by atoms with Gasteiger partial charge in [0.15, 0.2) is 0 Å². The number of aryl methyl sites for hydroxylation is 1. The molecule has 0 saturated carbocycles. The van der Waals surface area contributed by atoms with Crippen LogP contribution >= 0.6 is 11.6 Å². The summed E-state index contributed by atoms with van der Waals surface area (Å²) in [5.41, 5.74) is -3.49. The summed E-state index contributed by atoms with van der Waals surface area (Å²) in [6.07, 6.45) is 4.87. The van der Waals surface area contributed by atoms with E-state index in [-0.39, 0.29) is 17.0 Å². The Kier molecular flexibility index (Phi) is 8.58. The fourth-order valence-corrected chi connectivity index (χ4v) is 4.65. The third kappa shape index (κ3) is 6.97. The first kappa shape index (κ1) is 29.9. The molecule has 2 aromatic carbocycles. The number of hydrazone groups is 1. The molecule has 1 aliphatic heterocycles. The number of carbonyl (C=O) groups excluding carboxylic acids is 2. The first-order valence-corrected chi connectivity index (χ1v) is 13.8. The minimum absolute atomic E-state index is 0.00986. The maximum Gasteiger partial charge on any atom is 0.534 e. The number of hydrogen-bond acceptors (Lipinski definition) is 8. The van der Waals surface area contributed by atoms with Crippen molar-refractivity contribution in [2.75, 3.05) is 12.4 Å². The molecule has 16 heteroatoms. The number of carbonyl (C=O) groups is 2. The van der Waals surface area contributed by atoms with Gasteiger partial charge in [0.05, 0.1) is 18.2 Å². The summed E-state index contributed by atoms with van der Waals surface area (Å²) in [4.78, 5) is 30.4. The van der Waals surface area contributed by atoms with E-state index in [1.54, 1.807) is 50.1 Å². The number of alkyl halides is 3. The van der Waals surface area contributed by atoms with E-state index in [9.17, 15) is 31.2 Å². The van der Waals surface area contributed by atoms with Crippen LogP contribution in [0.1, 0.15) is 12.0 Å². The zero-order valence-electron chi connectivity index (χ0n) is 21.6. The minimum atomic E-state index is -5.94. The Labute approximate surface area is 238 Å². The average Bonchev–Trinajstić information content (AvgIpc) is 3.53. The molecule has 2 N–H and O–H groups in total. The lowest BCUT2D eigenvalue weighted by molar-refractivity contribution is -0.129. The van der Waals surface area contributed by atoms with Crippen LogP contribution in [0, 0.1) is 0 Å². The molecule has 3 aromatic rings. The van der Waals surface area contributed by atoms with Crippen molar-refractivity contribution in [3.05, 3.63) is 65.6 Å². The van der Waals surface area contributed by atoms with Crippen molar-refractivity contribution in [2.45, 2.75) is 30.4 Å². The van der Waals surface area contributed by atoms with E-state index in [1.165, 1.54) is 5.01 Å². The molecule has 2 atom stereocenters. The molecule has 2 heterocycles. The van der Waals surface area contributed by atoms with Crippen LogP contribution in [0.3, 0.4) is 0 Å². The normalized spacial score (nSPS) is 16.0. The van der Waals surface area contributed by atoms with Gasteiger partial charge in [-0.05, 0) is 41.5 Å². The van der Waals surface area contributed by atoms with Crippen molar-refractivity contribution in [1.82, 2.24) is 19.9 Å². The van der Waals surface area contributed by atoms with Gasteiger partial charge >= 0.3 is 15.6 Å². The Morgan fingerprint density at radius 3 is 2.46 bits per heavy atom. The number of rotatable bonds is 9. The standard InChI is InChI=1S/C25H24ClF3N6O5S/c1-34-14-30-13-22(34)15-3-5-17(6-4-15)32-23(36)20(33-24(37)21-9-10-31-35(21)2)12-16-11-18(7-8-19(16)26)40-41(38,39)25(27,28)29/h3-8,10-11,13-14,20-21H,9,12H2,1-2H3,(H,32,36)(H,33,37)/t20-,21?/m0/s1. The lowest BCUT2D eigenvalue weighted by Gasteiger charge is -2.24. The number of anilines is 1. The predicted molar refractivity (Wildman–Crippen MR) is 145 cm³/mol. The quantitative estimate of drug-likeness (QED) is 0.280. The number of amides is 2. The second kappa shape index (κ2) is 11.8. The Morgan fingerprint density at radius 1 is 1.17 bits per heavy atom. The lowest BCUT2D eigenvalue weighted by Crippen LogP contribution is -2.50. The van der Waals surface area contributed by atoms with Crippen molar-refractivity contribution < 1.29 is 35.4 Å². The zero-order chi connectivity index (χ0) is 29.9. The highest BCUT2D eigenvalue weighted by Gasteiger charge is 2.48. The second-order valence-electron chi connectivity index (χ2n) is 9.08. The Morgan fingerprint density at radius 2 is 1.88 bits per heavy atom. The SMILES string of the molecule is CN1N=CCC1C(=O)N[C@@H](Cc1cc(OS(=O)(=O)C(F)(F)F)ccc1Cl)C(=O)Nc1ccc(-c2cncn2C)cc1. The van der Waals surface area contributed by atoms with Gasteiger partial charge in [0.25, 0.3) is 0 Å². The number of imidazole rings is 1. The van der Waals surface area contributed by atoms with Gasteiger partial charge in [-0.25, -0.2) is 4.98 Å². The van der Waals surface area contributed by atoms with Crippen LogP contribution < -0.4 is 14.8 Å². The monoisotopic (exact) mass is 612 g/mol. The van der Waals surface area contributed by atoms with Crippen molar-refractivity contribution in [3.8, 4) is 17.0 Å². The van der Waals surface area contributed by atoms with Crippen LogP contribution in [-0.4, -0.2) is 65.6 Å². The van der Waals surface area contributed by atoms with Crippen LogP contribution in [0.4, 0.5) is 18.9 Å². The fourth-order valence-electron chi connectivity index (χ4n) is 4.01. The summed E-state index contributed by atoms with van der Waals surface area (Å²) in [6.45, 7) is 0. The molecule has 218 valence electrons. The molecule has 0 spiro atoms. The third-order valence-corrected chi connectivity index (χ3v) is 7.52. The highest BCUT2D eigenvalue weighted by Crippen LogP contribution is 2.30. The van der Waals surface area contributed by atoms with E-state index >= 15 is 0 Å². The first-order chi connectivity index (χ1) is 19.2. The summed E-state index contributed by atoms with van der Waals surface area (Å²) in [6, 6.07) is 7.93. The molecule has 1 unspecified atom stereocenters. The Balaban J connectivity index is 1.57. The van der Waals surface area contributed by atoms with Crippen molar-refractivity contribution >= 4 is 45.4 Å². The highest BCUT2D eigenvalue weighted by atomic mass is 35.5. The van der Waals surface area contributed by atoms with Crippen LogP contribution in [0.25, 0.3) is 11.3 Å². The first-order valence-electron chi connectivity index (χ1n) is 12.0. The summed E-state index contributed by atoms with van der Waals surface area (Å²) in [5.74, 6) is -1.85. The van der Waals surface area contributed by atoms with Gasteiger partial charge in [0.1, 0.15) is 17.8 Å². The summed E-state index contributed by atoms with van der Waals surface area (Å²) >= 11 is 6.23.